The van der Waals surface area contributed by atoms with Crippen LogP contribution in [0.1, 0.15) is 31.9 Å². The van der Waals surface area contributed by atoms with Crippen LogP contribution in [0.4, 0.5) is 0 Å². The summed E-state index contributed by atoms with van der Waals surface area (Å²) in [7, 11) is 0. The molecule has 0 aliphatic carbocycles. The van der Waals surface area contributed by atoms with E-state index in [9.17, 15) is 0 Å². The lowest BCUT2D eigenvalue weighted by atomic mass is 9.78. The van der Waals surface area contributed by atoms with Gasteiger partial charge >= 0.3 is 0 Å². The van der Waals surface area contributed by atoms with Crippen LogP contribution in [-0.2, 0) is 10.2 Å². The number of halogens is 7. The first-order chi connectivity index (χ1) is 15.5. The van der Waals surface area contributed by atoms with Crippen LogP contribution in [0.2, 0.25) is 0 Å². The molecular weight excluding hydrogens is 884 g/mol. The summed E-state index contributed by atoms with van der Waals surface area (Å²) >= 11 is 25.3. The highest BCUT2D eigenvalue weighted by Gasteiger charge is 2.27. The highest BCUT2D eigenvalue weighted by Crippen LogP contribution is 2.44. The quantitative estimate of drug-likeness (QED) is 0.199. The zero-order valence-corrected chi connectivity index (χ0v) is 29.5. The average Bonchev–Trinajstić information content (AvgIpc) is 2.76. The second-order valence-corrected chi connectivity index (χ2v) is 13.8. The lowest BCUT2D eigenvalue weighted by Gasteiger charge is -2.28. The largest absolute Gasteiger partial charge is 0.490 e. The smallest absolute Gasteiger partial charge is 0.147 e. The van der Waals surface area contributed by atoms with E-state index >= 15 is 0 Å². The summed E-state index contributed by atoms with van der Waals surface area (Å²) in [5, 5.41) is 1.54. The molecule has 0 saturated carbocycles. The molecular formula is C23H25Br7O3. The maximum Gasteiger partial charge on any atom is 0.147 e. The van der Waals surface area contributed by atoms with Crippen molar-refractivity contribution in [2.45, 2.75) is 37.1 Å². The van der Waals surface area contributed by atoms with Gasteiger partial charge in [-0.3, -0.25) is 0 Å². The summed E-state index contributed by atoms with van der Waals surface area (Å²) < 4.78 is 21.3. The summed E-state index contributed by atoms with van der Waals surface area (Å²) in [5.74, 6) is 1.56. The second kappa shape index (κ2) is 14.3. The van der Waals surface area contributed by atoms with Crippen LogP contribution < -0.4 is 9.47 Å². The van der Waals surface area contributed by atoms with Crippen LogP contribution in [-0.4, -0.2) is 41.4 Å². The molecule has 10 heteroatoms. The summed E-state index contributed by atoms with van der Waals surface area (Å²) in [5.41, 5.74) is 2.01. The molecule has 0 bridgehead atoms. The van der Waals surface area contributed by atoms with Gasteiger partial charge in [0.1, 0.15) is 30.8 Å². The van der Waals surface area contributed by atoms with Gasteiger partial charge in [0.05, 0.1) is 22.7 Å². The molecule has 0 aliphatic rings. The molecule has 0 amide bonds. The van der Waals surface area contributed by atoms with Crippen molar-refractivity contribution in [1.82, 2.24) is 0 Å². The Balaban J connectivity index is 2.30. The van der Waals surface area contributed by atoms with Crippen LogP contribution in [0.25, 0.3) is 0 Å². The van der Waals surface area contributed by atoms with Gasteiger partial charge in [0.25, 0.3) is 0 Å². The van der Waals surface area contributed by atoms with Crippen molar-refractivity contribution in [2.75, 3.05) is 30.5 Å². The van der Waals surface area contributed by atoms with Crippen LogP contribution in [0, 0.1) is 0 Å². The molecule has 0 aromatic heterocycles. The third-order valence-corrected chi connectivity index (χ3v) is 10.3. The van der Waals surface area contributed by atoms with E-state index in [0.717, 1.165) is 51.2 Å². The Morgan fingerprint density at radius 3 is 1.55 bits per heavy atom. The van der Waals surface area contributed by atoms with E-state index in [1.807, 2.05) is 6.92 Å². The topological polar surface area (TPSA) is 27.7 Å². The molecule has 184 valence electrons. The summed E-state index contributed by atoms with van der Waals surface area (Å²) in [6.07, 6.45) is -0.00491. The van der Waals surface area contributed by atoms with E-state index in [1.165, 1.54) is 0 Å². The first kappa shape index (κ1) is 30.6. The van der Waals surface area contributed by atoms with E-state index in [0.29, 0.717) is 19.8 Å². The lowest BCUT2D eigenvalue weighted by Crippen LogP contribution is -2.24. The molecule has 0 aliphatic heterocycles. The van der Waals surface area contributed by atoms with E-state index < -0.39 is 0 Å². The van der Waals surface area contributed by atoms with Crippen molar-refractivity contribution in [3.63, 3.8) is 0 Å². The van der Waals surface area contributed by atoms with Crippen LogP contribution in [0.15, 0.2) is 42.2 Å². The highest BCUT2D eigenvalue weighted by atomic mass is 79.9. The first-order valence-electron chi connectivity index (χ1n) is 10.2. The van der Waals surface area contributed by atoms with Crippen molar-refractivity contribution in [2.24, 2.45) is 0 Å². The van der Waals surface area contributed by atoms with Gasteiger partial charge in [-0.15, -0.1) is 0 Å². The molecule has 2 atom stereocenters. The molecule has 33 heavy (non-hydrogen) atoms. The number of alkyl halides is 3. The molecule has 2 rings (SSSR count). The van der Waals surface area contributed by atoms with E-state index in [4.69, 9.17) is 14.2 Å². The monoisotopic (exact) mass is 902 g/mol. The van der Waals surface area contributed by atoms with Gasteiger partial charge in [-0.05, 0) is 106 Å². The lowest BCUT2D eigenvalue weighted by molar-refractivity contribution is 0.0436. The van der Waals surface area contributed by atoms with Crippen molar-refractivity contribution in [3.8, 4) is 11.5 Å². The Bertz CT molecular complexity index is 890. The highest BCUT2D eigenvalue weighted by molar-refractivity contribution is 9.12. The normalized spacial score (nSPS) is 13.6. The molecule has 0 heterocycles. The maximum atomic E-state index is 6.07. The molecule has 2 aromatic rings. The predicted octanol–water partition coefficient (Wildman–Crippen LogP) is 9.78. The number of ether oxygens (including phenoxy) is 3. The van der Waals surface area contributed by atoms with Crippen molar-refractivity contribution < 1.29 is 14.2 Å². The molecule has 0 N–H and O–H groups in total. The summed E-state index contributed by atoms with van der Waals surface area (Å²) in [6, 6.07) is 8.46. The SMILES string of the molecule is CCOC(CBr)COc1c(Br)cc(C(C)(C)c2cc(Br)c(OCC(Br)CBr)c(Br)c2)cc1Br. The van der Waals surface area contributed by atoms with Gasteiger partial charge in [0, 0.05) is 22.7 Å². The van der Waals surface area contributed by atoms with E-state index in [-0.39, 0.29) is 16.3 Å². The third-order valence-electron chi connectivity index (χ3n) is 5.00. The molecule has 3 nitrogen and oxygen atoms in total. The van der Waals surface area contributed by atoms with Crippen LogP contribution in [0.3, 0.4) is 0 Å². The molecule has 0 spiro atoms. The predicted molar refractivity (Wildman–Crippen MR) is 163 cm³/mol. The minimum Gasteiger partial charge on any atom is -0.490 e. The van der Waals surface area contributed by atoms with Gasteiger partial charge in [-0.2, -0.15) is 0 Å². The van der Waals surface area contributed by atoms with Gasteiger partial charge in [0.15, 0.2) is 0 Å². The Hall–Kier alpha value is 1.36. The summed E-state index contributed by atoms with van der Waals surface area (Å²) in [4.78, 5) is 0.237. The Morgan fingerprint density at radius 2 is 1.18 bits per heavy atom. The van der Waals surface area contributed by atoms with Crippen LogP contribution in [0.5, 0.6) is 11.5 Å². The Morgan fingerprint density at radius 1 is 0.758 bits per heavy atom. The molecule has 2 aromatic carbocycles. The molecule has 0 saturated heterocycles. The minimum atomic E-state index is -0.273. The van der Waals surface area contributed by atoms with E-state index in [1.54, 1.807) is 0 Å². The van der Waals surface area contributed by atoms with Crippen molar-refractivity contribution in [1.29, 1.82) is 0 Å². The minimum absolute atomic E-state index is 0.00491. The number of rotatable bonds is 12. The van der Waals surface area contributed by atoms with Crippen molar-refractivity contribution >= 4 is 112 Å². The first-order valence-corrected chi connectivity index (χ1v) is 16.5. The van der Waals surface area contributed by atoms with Gasteiger partial charge in [0.2, 0.25) is 0 Å². The number of hydrogen-bond acceptors (Lipinski definition) is 3. The van der Waals surface area contributed by atoms with E-state index in [2.05, 4.69) is 150 Å². The zero-order valence-electron chi connectivity index (χ0n) is 18.4. The Labute approximate surface area is 255 Å². The maximum absolute atomic E-state index is 6.07. The van der Waals surface area contributed by atoms with Crippen LogP contribution >= 0.6 is 112 Å². The standard InChI is InChI=1S/C23H25Br7O3/c1-4-31-16(10-25)12-33-22-19(29)7-14(8-20(22)30)23(2,3)13-5-17(27)21(18(28)6-13)32-11-15(26)9-24/h5-8,15-16H,4,9-12H2,1-3H3. The van der Waals surface area contributed by atoms with Gasteiger partial charge in [-0.25, -0.2) is 0 Å². The average molecular weight is 909 g/mol. The molecule has 0 fully saturated rings. The Kier molecular flexibility index (Phi) is 13.3. The van der Waals surface area contributed by atoms with Gasteiger partial charge < -0.3 is 14.2 Å². The fourth-order valence-corrected chi connectivity index (χ4v) is 6.58. The van der Waals surface area contributed by atoms with Crippen molar-refractivity contribution in [3.05, 3.63) is 53.3 Å². The van der Waals surface area contributed by atoms with Gasteiger partial charge in [-0.1, -0.05) is 61.6 Å². The zero-order chi connectivity index (χ0) is 24.8. The molecule has 0 radical (unpaired) electrons. The molecule has 2 unspecified atom stereocenters. The number of hydrogen-bond donors (Lipinski definition) is 0. The summed E-state index contributed by atoms with van der Waals surface area (Å²) in [6.45, 7) is 8.06. The number of benzene rings is 2. The fourth-order valence-electron chi connectivity index (χ4n) is 3.05. The fraction of sp³-hybridized carbons (Fsp3) is 0.478. The second-order valence-electron chi connectivity index (χ2n) is 7.77. The third kappa shape index (κ3) is 8.44.